The molecule has 2 heterocycles. The van der Waals surface area contributed by atoms with E-state index in [0.717, 1.165) is 12.1 Å². The van der Waals surface area contributed by atoms with E-state index in [9.17, 15) is 22.4 Å². The molecule has 0 saturated carbocycles. The highest BCUT2D eigenvalue weighted by Gasteiger charge is 2.35. The molecule has 0 aromatic heterocycles. The van der Waals surface area contributed by atoms with Gasteiger partial charge in [0.2, 0.25) is 0 Å². The molecule has 3 nitrogen and oxygen atoms in total. The molecule has 7 heteroatoms. The Balaban J connectivity index is 1.83. The highest BCUT2D eigenvalue weighted by Crippen LogP contribution is 2.38. The molecule has 0 spiro atoms. The molecular formula is C19H12F4N2O. The van der Waals surface area contributed by atoms with Gasteiger partial charge in [0, 0.05) is 17.8 Å². The van der Waals surface area contributed by atoms with Gasteiger partial charge in [0.25, 0.3) is 0 Å². The van der Waals surface area contributed by atoms with E-state index in [1.54, 1.807) is 4.90 Å². The Bertz CT molecular complexity index is 958. The molecule has 2 aliphatic heterocycles. The van der Waals surface area contributed by atoms with Crippen LogP contribution in [0.2, 0.25) is 0 Å². The Morgan fingerprint density at radius 3 is 2.50 bits per heavy atom. The number of rotatable bonds is 2. The number of anilines is 1. The fourth-order valence-corrected chi connectivity index (χ4v) is 3.15. The summed E-state index contributed by atoms with van der Waals surface area (Å²) in [6.45, 7) is 0.936. The SMILES string of the molecule is O=C(C1=Cc2cc(C(F)(F)F)ccc2N2CCN=C12)c1ccc(F)cc1. The third-order valence-electron chi connectivity index (χ3n) is 4.38. The number of hydrogen-bond donors (Lipinski definition) is 0. The second-order valence-electron chi connectivity index (χ2n) is 6.02. The van der Waals surface area contributed by atoms with Crippen molar-refractivity contribution in [1.82, 2.24) is 0 Å². The number of amidine groups is 1. The van der Waals surface area contributed by atoms with Gasteiger partial charge in [0.1, 0.15) is 11.7 Å². The number of benzene rings is 2. The maximum Gasteiger partial charge on any atom is 0.416 e. The summed E-state index contributed by atoms with van der Waals surface area (Å²) in [5.41, 5.74) is 0.584. The molecule has 0 fully saturated rings. The van der Waals surface area contributed by atoms with Crippen molar-refractivity contribution in [3.8, 4) is 0 Å². The lowest BCUT2D eigenvalue weighted by atomic mass is 9.94. The number of halogens is 4. The monoisotopic (exact) mass is 360 g/mol. The summed E-state index contributed by atoms with van der Waals surface area (Å²) in [6.07, 6.45) is -3.04. The lowest BCUT2D eigenvalue weighted by Gasteiger charge is -2.28. The molecular weight excluding hydrogens is 348 g/mol. The molecule has 0 unspecified atom stereocenters. The van der Waals surface area contributed by atoms with Gasteiger partial charge in [0.05, 0.1) is 17.7 Å². The molecule has 0 saturated heterocycles. The highest BCUT2D eigenvalue weighted by atomic mass is 19.4. The van der Waals surface area contributed by atoms with Crippen LogP contribution in [0.4, 0.5) is 23.2 Å². The van der Waals surface area contributed by atoms with Crippen molar-refractivity contribution in [2.45, 2.75) is 6.18 Å². The van der Waals surface area contributed by atoms with E-state index in [1.165, 1.54) is 36.4 Å². The number of ketones is 1. The third kappa shape index (κ3) is 2.69. The minimum absolute atomic E-state index is 0.209. The second-order valence-corrected chi connectivity index (χ2v) is 6.02. The largest absolute Gasteiger partial charge is 0.416 e. The number of hydrogen-bond acceptors (Lipinski definition) is 3. The van der Waals surface area contributed by atoms with Gasteiger partial charge in [-0.1, -0.05) is 0 Å². The first-order chi connectivity index (χ1) is 12.3. The van der Waals surface area contributed by atoms with Crippen molar-refractivity contribution in [2.75, 3.05) is 18.0 Å². The molecule has 0 atom stereocenters. The minimum atomic E-state index is -4.47. The standard InChI is InChI=1S/C19H12F4N2O/c20-14-4-1-11(2-5-14)17(26)15-10-12-9-13(19(21,22)23)3-6-16(12)25-8-7-24-18(15)25/h1-6,9-10H,7-8H2. The molecule has 2 aromatic rings. The minimum Gasteiger partial charge on any atom is -0.324 e. The number of nitrogens with zero attached hydrogens (tertiary/aromatic N) is 2. The predicted molar refractivity (Wildman–Crippen MR) is 89.8 cm³/mol. The Hall–Kier alpha value is -2.96. The van der Waals surface area contributed by atoms with E-state index in [-0.39, 0.29) is 11.1 Å². The van der Waals surface area contributed by atoms with Crippen LogP contribution >= 0.6 is 0 Å². The van der Waals surface area contributed by atoms with Crippen LogP contribution in [0.5, 0.6) is 0 Å². The zero-order valence-corrected chi connectivity index (χ0v) is 13.3. The Morgan fingerprint density at radius 1 is 1.08 bits per heavy atom. The summed E-state index contributed by atoms with van der Waals surface area (Å²) in [5.74, 6) is -0.440. The maximum absolute atomic E-state index is 13.1. The molecule has 26 heavy (non-hydrogen) atoms. The summed E-state index contributed by atoms with van der Waals surface area (Å²) in [7, 11) is 0. The van der Waals surface area contributed by atoms with Gasteiger partial charge in [-0.3, -0.25) is 9.79 Å². The summed E-state index contributed by atoms with van der Waals surface area (Å²) in [5, 5.41) is 0. The third-order valence-corrected chi connectivity index (χ3v) is 4.38. The summed E-state index contributed by atoms with van der Waals surface area (Å²) in [4.78, 5) is 18.9. The lowest BCUT2D eigenvalue weighted by molar-refractivity contribution is -0.137. The van der Waals surface area contributed by atoms with Crippen LogP contribution in [0.25, 0.3) is 6.08 Å². The van der Waals surface area contributed by atoms with Crippen molar-refractivity contribution in [3.63, 3.8) is 0 Å². The normalized spacial score (nSPS) is 15.9. The van der Waals surface area contributed by atoms with E-state index in [2.05, 4.69) is 4.99 Å². The summed E-state index contributed by atoms with van der Waals surface area (Å²) in [6, 6.07) is 8.48. The molecule has 0 amide bonds. The molecule has 132 valence electrons. The first-order valence-electron chi connectivity index (χ1n) is 7.90. The fraction of sp³-hybridized carbons (Fsp3) is 0.158. The van der Waals surface area contributed by atoms with E-state index >= 15 is 0 Å². The van der Waals surface area contributed by atoms with Crippen molar-refractivity contribution in [2.24, 2.45) is 4.99 Å². The average Bonchev–Trinajstić information content (AvgIpc) is 3.10. The van der Waals surface area contributed by atoms with Crippen molar-refractivity contribution < 1.29 is 22.4 Å². The first kappa shape index (κ1) is 16.5. The van der Waals surface area contributed by atoms with Crippen LogP contribution in [0.15, 0.2) is 53.0 Å². The number of aliphatic imine (C=N–C) groups is 1. The zero-order valence-electron chi connectivity index (χ0n) is 13.3. The number of alkyl halides is 3. The number of fused-ring (bicyclic) bond motifs is 3. The van der Waals surface area contributed by atoms with E-state index in [4.69, 9.17) is 0 Å². The molecule has 2 aliphatic rings. The van der Waals surface area contributed by atoms with Crippen LogP contribution in [0, 0.1) is 5.82 Å². The van der Waals surface area contributed by atoms with Gasteiger partial charge >= 0.3 is 6.18 Å². The smallest absolute Gasteiger partial charge is 0.324 e. The van der Waals surface area contributed by atoms with Gasteiger partial charge in [-0.15, -0.1) is 0 Å². The number of carbonyl (C=O) groups is 1. The van der Waals surface area contributed by atoms with Crippen LogP contribution in [-0.2, 0) is 6.18 Å². The quantitative estimate of drug-likeness (QED) is 0.589. The highest BCUT2D eigenvalue weighted by molar-refractivity contribution is 6.35. The Morgan fingerprint density at radius 2 is 1.81 bits per heavy atom. The van der Waals surface area contributed by atoms with Gasteiger partial charge < -0.3 is 4.90 Å². The molecule has 0 N–H and O–H groups in total. The van der Waals surface area contributed by atoms with Crippen LogP contribution < -0.4 is 4.90 Å². The topological polar surface area (TPSA) is 32.7 Å². The maximum atomic E-state index is 13.1. The second kappa shape index (κ2) is 5.79. The van der Waals surface area contributed by atoms with Gasteiger partial charge in [-0.25, -0.2) is 4.39 Å². The van der Waals surface area contributed by atoms with E-state index in [1.807, 2.05) is 0 Å². The van der Waals surface area contributed by atoms with E-state index < -0.39 is 23.3 Å². The van der Waals surface area contributed by atoms with Crippen molar-refractivity contribution >= 4 is 23.4 Å². The average molecular weight is 360 g/mol. The molecule has 0 bridgehead atoms. The zero-order chi connectivity index (χ0) is 18.5. The summed E-state index contributed by atoms with van der Waals surface area (Å²) < 4.78 is 52.2. The van der Waals surface area contributed by atoms with E-state index in [0.29, 0.717) is 30.2 Å². The van der Waals surface area contributed by atoms with Crippen molar-refractivity contribution in [3.05, 3.63) is 70.5 Å². The van der Waals surface area contributed by atoms with Crippen molar-refractivity contribution in [1.29, 1.82) is 0 Å². The lowest BCUT2D eigenvalue weighted by Crippen LogP contribution is -2.34. The molecule has 4 rings (SSSR count). The van der Waals surface area contributed by atoms with Gasteiger partial charge in [-0.2, -0.15) is 13.2 Å². The Labute approximate surface area is 146 Å². The first-order valence-corrected chi connectivity index (χ1v) is 7.90. The Kier molecular flexibility index (Phi) is 3.68. The number of carbonyl (C=O) groups excluding carboxylic acids is 1. The molecule has 0 aliphatic carbocycles. The molecule has 0 radical (unpaired) electrons. The fourth-order valence-electron chi connectivity index (χ4n) is 3.15. The van der Waals surface area contributed by atoms with Gasteiger partial charge in [0.15, 0.2) is 5.78 Å². The summed E-state index contributed by atoms with van der Waals surface area (Å²) >= 11 is 0. The molecule has 2 aromatic carbocycles. The predicted octanol–water partition coefficient (Wildman–Crippen LogP) is 4.34. The van der Waals surface area contributed by atoms with Crippen LogP contribution in [-0.4, -0.2) is 24.7 Å². The number of Topliss-reactive ketones (excluding diaryl/α,β-unsaturated/α-hetero) is 1. The van der Waals surface area contributed by atoms with Crippen LogP contribution in [0.3, 0.4) is 0 Å². The van der Waals surface area contributed by atoms with Gasteiger partial charge in [-0.05, 0) is 54.1 Å². The van der Waals surface area contributed by atoms with Crippen LogP contribution in [0.1, 0.15) is 21.5 Å².